The molecule has 0 saturated carbocycles. The third-order valence-electron chi connectivity index (χ3n) is 5.02. The van der Waals surface area contributed by atoms with Gasteiger partial charge in [-0.05, 0) is 42.4 Å². The van der Waals surface area contributed by atoms with Gasteiger partial charge in [-0.2, -0.15) is 11.8 Å². The standard InChI is InChI=1S/C22H32N4O4S/c1-13(2)10-16(23)20(27)25-18(8-9-31-3)21(28)26-19(22(29)30)11-14-12-24-17-7-5-4-6-15(14)17/h4-7,12-13,16,18-19,24H,8-11,23H2,1-3H3,(H,25,27)(H,26,28)(H,29,30)/t16-,18-,19-/m0/s1. The number of nitrogens with one attached hydrogen (secondary N) is 3. The number of rotatable bonds is 12. The van der Waals surface area contributed by atoms with Crippen LogP contribution < -0.4 is 16.4 Å². The number of carboxylic acids is 1. The van der Waals surface area contributed by atoms with E-state index in [4.69, 9.17) is 5.73 Å². The molecule has 0 radical (unpaired) electrons. The molecular weight excluding hydrogens is 416 g/mol. The molecule has 0 aliphatic heterocycles. The maximum absolute atomic E-state index is 12.9. The Kier molecular flexibility index (Phi) is 9.39. The zero-order valence-electron chi connectivity index (χ0n) is 18.2. The van der Waals surface area contributed by atoms with E-state index in [0.29, 0.717) is 18.6 Å². The number of aromatic amines is 1. The number of para-hydroxylation sites is 1. The molecule has 31 heavy (non-hydrogen) atoms. The van der Waals surface area contributed by atoms with Crippen LogP contribution in [0.1, 0.15) is 32.3 Å². The lowest BCUT2D eigenvalue weighted by Crippen LogP contribution is -2.55. The minimum Gasteiger partial charge on any atom is -0.480 e. The summed E-state index contributed by atoms with van der Waals surface area (Å²) >= 11 is 1.54. The van der Waals surface area contributed by atoms with Gasteiger partial charge in [0, 0.05) is 23.5 Å². The summed E-state index contributed by atoms with van der Waals surface area (Å²) in [5.74, 6) is -1.18. The van der Waals surface area contributed by atoms with E-state index < -0.39 is 35.9 Å². The highest BCUT2D eigenvalue weighted by Gasteiger charge is 2.28. The fourth-order valence-electron chi connectivity index (χ4n) is 3.39. The average Bonchev–Trinajstić information content (AvgIpc) is 3.12. The minimum atomic E-state index is -1.13. The number of thioether (sulfide) groups is 1. The Bertz CT molecular complexity index is 899. The molecule has 0 fully saturated rings. The van der Waals surface area contributed by atoms with Gasteiger partial charge in [-0.1, -0.05) is 32.0 Å². The zero-order valence-corrected chi connectivity index (χ0v) is 19.0. The first-order chi connectivity index (χ1) is 14.7. The van der Waals surface area contributed by atoms with Gasteiger partial charge in [0.2, 0.25) is 11.8 Å². The number of carbonyl (C=O) groups is 3. The molecule has 2 aromatic rings. The number of aromatic nitrogens is 1. The molecule has 1 aromatic carbocycles. The predicted molar refractivity (Wildman–Crippen MR) is 124 cm³/mol. The Balaban J connectivity index is 2.10. The van der Waals surface area contributed by atoms with Crippen molar-refractivity contribution in [3.05, 3.63) is 36.0 Å². The van der Waals surface area contributed by atoms with Crippen molar-refractivity contribution >= 4 is 40.4 Å². The number of amides is 2. The van der Waals surface area contributed by atoms with Gasteiger partial charge in [-0.25, -0.2) is 4.79 Å². The summed E-state index contributed by atoms with van der Waals surface area (Å²) in [5, 5.41) is 15.9. The summed E-state index contributed by atoms with van der Waals surface area (Å²) in [6, 6.07) is 4.89. The van der Waals surface area contributed by atoms with Gasteiger partial charge in [0.05, 0.1) is 6.04 Å². The number of benzene rings is 1. The monoisotopic (exact) mass is 448 g/mol. The van der Waals surface area contributed by atoms with E-state index in [1.807, 2.05) is 44.4 Å². The number of carbonyl (C=O) groups excluding carboxylic acids is 2. The summed E-state index contributed by atoms with van der Waals surface area (Å²) < 4.78 is 0. The van der Waals surface area contributed by atoms with E-state index in [0.717, 1.165) is 16.5 Å². The molecule has 0 aliphatic rings. The van der Waals surface area contributed by atoms with E-state index in [2.05, 4.69) is 15.6 Å². The first-order valence-corrected chi connectivity index (χ1v) is 11.7. The third kappa shape index (κ3) is 7.29. The molecule has 8 nitrogen and oxygen atoms in total. The molecule has 2 amide bonds. The van der Waals surface area contributed by atoms with Gasteiger partial charge in [-0.3, -0.25) is 9.59 Å². The van der Waals surface area contributed by atoms with E-state index in [9.17, 15) is 19.5 Å². The van der Waals surface area contributed by atoms with Crippen molar-refractivity contribution in [2.45, 2.75) is 51.2 Å². The molecule has 3 atom stereocenters. The van der Waals surface area contributed by atoms with Crippen molar-refractivity contribution in [1.82, 2.24) is 15.6 Å². The minimum absolute atomic E-state index is 0.126. The van der Waals surface area contributed by atoms with Crippen LogP contribution in [0.2, 0.25) is 0 Å². The molecule has 170 valence electrons. The van der Waals surface area contributed by atoms with Crippen LogP contribution in [0.15, 0.2) is 30.5 Å². The van der Waals surface area contributed by atoms with E-state index in [-0.39, 0.29) is 12.3 Å². The number of hydrogen-bond donors (Lipinski definition) is 5. The van der Waals surface area contributed by atoms with Gasteiger partial charge in [0.15, 0.2) is 0 Å². The number of fused-ring (bicyclic) bond motifs is 1. The van der Waals surface area contributed by atoms with Crippen LogP contribution in [-0.4, -0.2) is 58.0 Å². The second-order valence-electron chi connectivity index (χ2n) is 8.04. The maximum Gasteiger partial charge on any atom is 0.326 e. The first-order valence-electron chi connectivity index (χ1n) is 10.4. The smallest absolute Gasteiger partial charge is 0.326 e. The normalized spacial score (nSPS) is 14.2. The predicted octanol–water partition coefficient (Wildman–Crippen LogP) is 1.89. The topological polar surface area (TPSA) is 137 Å². The summed E-state index contributed by atoms with van der Waals surface area (Å²) in [5.41, 5.74) is 7.64. The molecule has 0 saturated heterocycles. The number of nitrogens with two attached hydrogens (primary N) is 1. The maximum atomic E-state index is 12.9. The van der Waals surface area contributed by atoms with Crippen LogP contribution in [0.4, 0.5) is 0 Å². The summed E-state index contributed by atoms with van der Waals surface area (Å²) in [4.78, 5) is 40.3. The van der Waals surface area contributed by atoms with Gasteiger partial charge in [0.1, 0.15) is 12.1 Å². The van der Waals surface area contributed by atoms with Crippen molar-refractivity contribution in [1.29, 1.82) is 0 Å². The lowest BCUT2D eigenvalue weighted by atomic mass is 10.0. The lowest BCUT2D eigenvalue weighted by Gasteiger charge is -2.23. The molecule has 1 aromatic heterocycles. The second kappa shape index (κ2) is 11.8. The number of carboxylic acid groups (broad SMARTS) is 1. The Morgan fingerprint density at radius 1 is 1.13 bits per heavy atom. The summed E-state index contributed by atoms with van der Waals surface area (Å²) in [7, 11) is 0. The molecule has 0 bridgehead atoms. The van der Waals surface area contributed by atoms with Crippen molar-refractivity contribution in [3.63, 3.8) is 0 Å². The third-order valence-corrected chi connectivity index (χ3v) is 5.66. The average molecular weight is 449 g/mol. The second-order valence-corrected chi connectivity index (χ2v) is 9.03. The Labute approximate surface area is 186 Å². The van der Waals surface area contributed by atoms with Crippen molar-refractivity contribution in [2.75, 3.05) is 12.0 Å². The molecule has 0 spiro atoms. The highest BCUT2D eigenvalue weighted by Crippen LogP contribution is 2.19. The molecule has 2 rings (SSSR count). The number of aliphatic carboxylic acids is 1. The Morgan fingerprint density at radius 3 is 2.45 bits per heavy atom. The van der Waals surface area contributed by atoms with Crippen LogP contribution in [0.3, 0.4) is 0 Å². The van der Waals surface area contributed by atoms with Crippen LogP contribution in [0.25, 0.3) is 10.9 Å². The van der Waals surface area contributed by atoms with Crippen molar-refractivity contribution in [2.24, 2.45) is 11.7 Å². The Hall–Kier alpha value is -2.52. The molecule has 0 unspecified atom stereocenters. The number of H-pyrrole nitrogens is 1. The van der Waals surface area contributed by atoms with Crippen LogP contribution >= 0.6 is 11.8 Å². The number of hydrogen-bond acceptors (Lipinski definition) is 5. The Morgan fingerprint density at radius 2 is 1.81 bits per heavy atom. The molecule has 0 aliphatic carbocycles. The highest BCUT2D eigenvalue weighted by atomic mass is 32.2. The fourth-order valence-corrected chi connectivity index (χ4v) is 3.86. The van der Waals surface area contributed by atoms with Crippen LogP contribution in [-0.2, 0) is 20.8 Å². The molecular formula is C22H32N4O4S. The van der Waals surface area contributed by atoms with Gasteiger partial charge in [-0.15, -0.1) is 0 Å². The van der Waals surface area contributed by atoms with Crippen molar-refractivity contribution in [3.8, 4) is 0 Å². The highest BCUT2D eigenvalue weighted by molar-refractivity contribution is 7.98. The van der Waals surface area contributed by atoms with Crippen LogP contribution in [0.5, 0.6) is 0 Å². The van der Waals surface area contributed by atoms with Gasteiger partial charge < -0.3 is 26.5 Å². The van der Waals surface area contributed by atoms with Gasteiger partial charge >= 0.3 is 5.97 Å². The van der Waals surface area contributed by atoms with Gasteiger partial charge in [0.25, 0.3) is 0 Å². The molecule has 1 heterocycles. The van der Waals surface area contributed by atoms with E-state index >= 15 is 0 Å². The van der Waals surface area contributed by atoms with E-state index in [1.54, 1.807) is 18.0 Å². The molecule has 9 heteroatoms. The first kappa shape index (κ1) is 24.7. The summed E-state index contributed by atoms with van der Waals surface area (Å²) in [6.07, 6.45) is 4.66. The largest absolute Gasteiger partial charge is 0.480 e. The summed E-state index contributed by atoms with van der Waals surface area (Å²) in [6.45, 7) is 3.93. The SMILES string of the molecule is CSCC[C@H](NC(=O)[C@@H](N)CC(C)C)C(=O)N[C@@H](Cc1c[nH]c2ccccc12)C(=O)O. The lowest BCUT2D eigenvalue weighted by molar-refractivity contribution is -0.142. The van der Waals surface area contributed by atoms with E-state index in [1.165, 1.54) is 0 Å². The van der Waals surface area contributed by atoms with Crippen LogP contribution in [0, 0.1) is 5.92 Å². The quantitative estimate of drug-likeness (QED) is 0.336. The van der Waals surface area contributed by atoms with Crippen molar-refractivity contribution < 1.29 is 19.5 Å². The zero-order chi connectivity index (χ0) is 23.0. The fraction of sp³-hybridized carbons (Fsp3) is 0.500. The molecule has 6 N–H and O–H groups in total.